The van der Waals surface area contributed by atoms with Gasteiger partial charge in [0.25, 0.3) is 0 Å². The predicted octanol–water partition coefficient (Wildman–Crippen LogP) is 4.56. The van der Waals surface area contributed by atoms with Gasteiger partial charge in [-0.1, -0.05) is 74.6 Å². The lowest BCUT2D eigenvalue weighted by Crippen LogP contribution is -2.47. The lowest BCUT2D eigenvalue weighted by atomic mass is 10.00. The first-order chi connectivity index (χ1) is 13.9. The van der Waals surface area contributed by atoms with Gasteiger partial charge in [0, 0.05) is 12.0 Å². The summed E-state index contributed by atoms with van der Waals surface area (Å²) in [4.78, 5) is 25.1. The number of benzene rings is 1. The molecule has 1 aliphatic carbocycles. The van der Waals surface area contributed by atoms with E-state index in [0.717, 1.165) is 22.6 Å². The van der Waals surface area contributed by atoms with E-state index < -0.39 is 6.04 Å². The van der Waals surface area contributed by atoms with Crippen molar-refractivity contribution in [2.45, 2.75) is 65.3 Å². The number of hydrogen-bond donors (Lipinski definition) is 2. The normalized spacial score (nSPS) is 15.4. The van der Waals surface area contributed by atoms with Gasteiger partial charge >= 0.3 is 0 Å². The molecule has 1 aromatic carbocycles. The number of amides is 2. The van der Waals surface area contributed by atoms with E-state index in [1.165, 1.54) is 37.0 Å². The quantitative estimate of drug-likeness (QED) is 0.663. The molecule has 3 rings (SSSR count). The summed E-state index contributed by atoms with van der Waals surface area (Å²) in [5, 5.41) is 15.2. The Morgan fingerprint density at radius 3 is 2.66 bits per heavy atom. The fourth-order valence-corrected chi connectivity index (χ4v) is 4.51. The Bertz CT molecular complexity index is 843. The molecule has 0 spiro atoms. The van der Waals surface area contributed by atoms with Gasteiger partial charge in [-0.25, -0.2) is 0 Å². The summed E-state index contributed by atoms with van der Waals surface area (Å²) in [6.07, 6.45) is 6.39. The zero-order valence-corrected chi connectivity index (χ0v) is 18.2. The molecule has 1 saturated carbocycles. The number of carbonyl (C=O) groups excluding carboxylic acids is 2. The highest BCUT2D eigenvalue weighted by molar-refractivity contribution is 7.18. The van der Waals surface area contributed by atoms with E-state index in [9.17, 15) is 9.59 Å². The maximum atomic E-state index is 12.8. The van der Waals surface area contributed by atoms with Crippen LogP contribution in [-0.4, -0.2) is 28.1 Å². The lowest BCUT2D eigenvalue weighted by Gasteiger charge is -2.21. The zero-order chi connectivity index (χ0) is 20.8. The van der Waals surface area contributed by atoms with Gasteiger partial charge in [0.05, 0.1) is 0 Å². The van der Waals surface area contributed by atoms with Crippen molar-refractivity contribution in [1.82, 2.24) is 15.5 Å². The minimum Gasteiger partial charge on any atom is -0.344 e. The molecule has 0 saturated heterocycles. The summed E-state index contributed by atoms with van der Waals surface area (Å²) < 4.78 is 0. The number of aromatic nitrogens is 2. The monoisotopic (exact) mass is 414 g/mol. The number of nitrogens with one attached hydrogen (secondary N) is 2. The van der Waals surface area contributed by atoms with Crippen molar-refractivity contribution in [3.05, 3.63) is 29.8 Å². The van der Waals surface area contributed by atoms with Crippen molar-refractivity contribution in [3.8, 4) is 10.6 Å². The Hall–Kier alpha value is -2.28. The first-order valence-electron chi connectivity index (χ1n) is 10.4. The molecule has 29 heavy (non-hydrogen) atoms. The first-order valence-corrected chi connectivity index (χ1v) is 11.2. The van der Waals surface area contributed by atoms with Gasteiger partial charge in [-0.2, -0.15) is 0 Å². The van der Waals surface area contributed by atoms with Crippen molar-refractivity contribution in [3.63, 3.8) is 0 Å². The molecule has 2 N–H and O–H groups in total. The molecular weight excluding hydrogens is 384 g/mol. The molecule has 1 aliphatic rings. The van der Waals surface area contributed by atoms with E-state index in [-0.39, 0.29) is 17.7 Å². The summed E-state index contributed by atoms with van der Waals surface area (Å²) in [5.41, 5.74) is 2.12. The second kappa shape index (κ2) is 9.96. The van der Waals surface area contributed by atoms with Gasteiger partial charge in [0.15, 0.2) is 0 Å². The van der Waals surface area contributed by atoms with Crippen molar-refractivity contribution in [2.75, 3.05) is 5.32 Å². The van der Waals surface area contributed by atoms with E-state index in [2.05, 4.69) is 20.8 Å². The van der Waals surface area contributed by atoms with Gasteiger partial charge in [0.1, 0.15) is 11.0 Å². The summed E-state index contributed by atoms with van der Waals surface area (Å²) >= 11 is 1.33. The van der Waals surface area contributed by atoms with Crippen molar-refractivity contribution >= 4 is 28.3 Å². The SMILES string of the molecule is Cc1cccc(-c2nnc(NC(=O)C(NC(=O)CCC3CCCC3)C(C)C)s2)c1. The van der Waals surface area contributed by atoms with Crippen LogP contribution in [-0.2, 0) is 9.59 Å². The Kier molecular flexibility index (Phi) is 7.36. The van der Waals surface area contributed by atoms with Gasteiger partial charge in [0.2, 0.25) is 16.9 Å². The number of rotatable bonds is 8. The molecule has 7 heteroatoms. The third kappa shape index (κ3) is 6.10. The summed E-state index contributed by atoms with van der Waals surface area (Å²) in [5.74, 6) is 0.340. The van der Waals surface area contributed by atoms with E-state index >= 15 is 0 Å². The maximum Gasteiger partial charge on any atom is 0.249 e. The average molecular weight is 415 g/mol. The summed E-state index contributed by atoms with van der Waals surface area (Å²) in [7, 11) is 0. The molecular formula is C22H30N4O2S. The second-order valence-corrected chi connectivity index (χ2v) is 9.23. The third-order valence-corrected chi connectivity index (χ3v) is 6.33. The van der Waals surface area contributed by atoms with E-state index in [0.29, 0.717) is 17.5 Å². The van der Waals surface area contributed by atoms with Crippen LogP contribution in [0.4, 0.5) is 5.13 Å². The third-order valence-electron chi connectivity index (χ3n) is 5.44. The van der Waals surface area contributed by atoms with E-state index in [1.54, 1.807) is 0 Å². The number of nitrogens with zero attached hydrogens (tertiary/aromatic N) is 2. The van der Waals surface area contributed by atoms with Crippen molar-refractivity contribution in [1.29, 1.82) is 0 Å². The van der Waals surface area contributed by atoms with Crippen LogP contribution in [0, 0.1) is 18.8 Å². The van der Waals surface area contributed by atoms with Crippen LogP contribution in [0.5, 0.6) is 0 Å². The molecule has 1 heterocycles. The van der Waals surface area contributed by atoms with Gasteiger partial charge in [-0.3, -0.25) is 14.9 Å². The highest BCUT2D eigenvalue weighted by Crippen LogP contribution is 2.29. The van der Waals surface area contributed by atoms with Crippen LogP contribution >= 0.6 is 11.3 Å². The maximum absolute atomic E-state index is 12.8. The smallest absolute Gasteiger partial charge is 0.249 e. The molecule has 6 nitrogen and oxygen atoms in total. The fraction of sp³-hybridized carbons (Fsp3) is 0.545. The standard InChI is InChI=1S/C22H30N4O2S/c1-14(2)19(23-18(27)12-11-16-8-4-5-9-16)20(28)24-22-26-25-21(29-22)17-10-6-7-15(3)13-17/h6-7,10,13-14,16,19H,4-5,8-9,11-12H2,1-3H3,(H,23,27)(H,24,26,28). The van der Waals surface area contributed by atoms with Gasteiger partial charge in [-0.05, 0) is 31.2 Å². The molecule has 2 aromatic rings. The van der Waals surface area contributed by atoms with Crippen LogP contribution < -0.4 is 10.6 Å². The van der Waals surface area contributed by atoms with Gasteiger partial charge < -0.3 is 5.32 Å². The number of anilines is 1. The molecule has 0 aliphatic heterocycles. The van der Waals surface area contributed by atoms with E-state index in [4.69, 9.17) is 0 Å². The Labute approximate surface area is 176 Å². The van der Waals surface area contributed by atoms with E-state index in [1.807, 2.05) is 45.0 Å². The highest BCUT2D eigenvalue weighted by atomic mass is 32.1. The zero-order valence-electron chi connectivity index (χ0n) is 17.4. The molecule has 0 bridgehead atoms. The van der Waals surface area contributed by atoms with Crippen LogP contribution in [0.25, 0.3) is 10.6 Å². The largest absolute Gasteiger partial charge is 0.344 e. The van der Waals surface area contributed by atoms with Crippen molar-refractivity contribution in [2.24, 2.45) is 11.8 Å². The van der Waals surface area contributed by atoms with Gasteiger partial charge in [-0.15, -0.1) is 10.2 Å². The Morgan fingerprint density at radius 2 is 1.97 bits per heavy atom. The number of aryl methyl sites for hydroxylation is 1. The summed E-state index contributed by atoms with van der Waals surface area (Å²) in [6, 6.07) is 7.42. The number of carbonyl (C=O) groups is 2. The molecule has 2 amide bonds. The topological polar surface area (TPSA) is 84.0 Å². The fourth-order valence-electron chi connectivity index (χ4n) is 3.77. The van der Waals surface area contributed by atoms with Crippen molar-refractivity contribution < 1.29 is 9.59 Å². The molecule has 156 valence electrons. The molecule has 1 aromatic heterocycles. The minimum atomic E-state index is -0.586. The highest BCUT2D eigenvalue weighted by Gasteiger charge is 2.26. The van der Waals surface area contributed by atoms with Crippen LogP contribution in [0.2, 0.25) is 0 Å². The van der Waals surface area contributed by atoms with Crippen LogP contribution in [0.15, 0.2) is 24.3 Å². The van der Waals surface area contributed by atoms with Crippen LogP contribution in [0.1, 0.15) is 57.9 Å². The summed E-state index contributed by atoms with van der Waals surface area (Å²) in [6.45, 7) is 5.88. The molecule has 1 atom stereocenters. The molecule has 0 radical (unpaired) electrons. The van der Waals surface area contributed by atoms with Crippen LogP contribution in [0.3, 0.4) is 0 Å². The number of hydrogen-bond acceptors (Lipinski definition) is 5. The molecule has 1 fully saturated rings. The Balaban J connectivity index is 1.57. The predicted molar refractivity (Wildman–Crippen MR) is 117 cm³/mol. The first kappa shape index (κ1) is 21.4. The second-order valence-electron chi connectivity index (χ2n) is 8.25. The molecule has 1 unspecified atom stereocenters. The Morgan fingerprint density at radius 1 is 1.21 bits per heavy atom. The minimum absolute atomic E-state index is 0.0189. The lowest BCUT2D eigenvalue weighted by molar-refractivity contribution is -0.127. The average Bonchev–Trinajstić information content (AvgIpc) is 3.36.